The number of carbonyl (C=O) groups is 1. The number of hydrogen-bond acceptors (Lipinski definition) is 11. The highest BCUT2D eigenvalue weighted by molar-refractivity contribution is 7.17. The summed E-state index contributed by atoms with van der Waals surface area (Å²) in [5.74, 6) is -1.15. The minimum Gasteiger partial charge on any atom is -0.488 e. The molecule has 3 N–H and O–H groups in total. The van der Waals surface area contributed by atoms with Crippen molar-refractivity contribution in [3.8, 4) is 10.9 Å². The highest BCUT2D eigenvalue weighted by atomic mass is 32.1. The summed E-state index contributed by atoms with van der Waals surface area (Å²) < 4.78 is 11.7. The van der Waals surface area contributed by atoms with Gasteiger partial charge in [0.15, 0.2) is 5.76 Å². The van der Waals surface area contributed by atoms with Gasteiger partial charge in [-0.2, -0.15) is 5.10 Å². The van der Waals surface area contributed by atoms with E-state index in [1.165, 1.54) is 18.1 Å². The first-order valence-electron chi connectivity index (χ1n) is 8.83. The normalized spacial score (nSPS) is 10.8. The summed E-state index contributed by atoms with van der Waals surface area (Å²) in [4.78, 5) is 26.4. The van der Waals surface area contributed by atoms with E-state index in [0.717, 1.165) is 17.0 Å². The van der Waals surface area contributed by atoms with E-state index in [1.807, 2.05) is 6.92 Å². The van der Waals surface area contributed by atoms with Crippen LogP contribution in [-0.2, 0) is 0 Å². The first-order chi connectivity index (χ1) is 14.5. The van der Waals surface area contributed by atoms with Gasteiger partial charge in [0.2, 0.25) is 16.0 Å². The number of nitrogens with one attached hydrogen (secondary N) is 1. The van der Waals surface area contributed by atoms with Crippen molar-refractivity contribution in [1.82, 2.24) is 20.0 Å². The summed E-state index contributed by atoms with van der Waals surface area (Å²) in [5.41, 5.74) is 0.195. The van der Waals surface area contributed by atoms with Gasteiger partial charge in [-0.3, -0.25) is 10.1 Å². The molecule has 0 radical (unpaired) electrons. The topological polar surface area (TPSA) is 156 Å². The van der Waals surface area contributed by atoms with Crippen LogP contribution >= 0.6 is 11.3 Å². The van der Waals surface area contributed by atoms with Crippen LogP contribution in [-0.4, -0.2) is 69.5 Å². The monoisotopic (exact) mass is 436 g/mol. The molecule has 0 aromatic carbocycles. The number of rotatable bonds is 9. The van der Waals surface area contributed by atoms with Crippen LogP contribution < -0.4 is 20.6 Å². The van der Waals surface area contributed by atoms with E-state index in [-0.39, 0.29) is 48.6 Å². The minimum absolute atomic E-state index is 0.115. The molecule has 3 rings (SSSR count). The summed E-state index contributed by atoms with van der Waals surface area (Å²) >= 11 is 1.09. The summed E-state index contributed by atoms with van der Waals surface area (Å²) in [6.07, 6.45) is 1.62. The molecular weight excluding hydrogens is 416 g/mol. The molecule has 0 atom stereocenters. The van der Waals surface area contributed by atoms with Gasteiger partial charge in [-0.1, -0.05) is 11.3 Å². The Labute approximate surface area is 174 Å². The number of methoxy groups -OCH3 is 1. The van der Waals surface area contributed by atoms with Crippen molar-refractivity contribution in [3.63, 3.8) is 0 Å². The van der Waals surface area contributed by atoms with Crippen molar-refractivity contribution in [2.24, 2.45) is 0 Å². The number of aliphatic hydroxyl groups is 2. The molecule has 0 spiro atoms. The van der Waals surface area contributed by atoms with E-state index in [1.54, 1.807) is 16.9 Å². The molecule has 160 valence electrons. The van der Waals surface area contributed by atoms with Crippen molar-refractivity contribution < 1.29 is 24.2 Å². The molecule has 3 aromatic rings. The van der Waals surface area contributed by atoms with Crippen molar-refractivity contribution >= 4 is 28.1 Å². The van der Waals surface area contributed by atoms with Gasteiger partial charge in [-0.05, 0) is 13.0 Å². The summed E-state index contributed by atoms with van der Waals surface area (Å²) in [7, 11) is 1.28. The van der Waals surface area contributed by atoms with Gasteiger partial charge in [0.25, 0.3) is 5.91 Å². The number of aryl methyl sites for hydroxylation is 1. The second-order valence-electron chi connectivity index (χ2n) is 5.98. The molecule has 3 aromatic heterocycles. The zero-order chi connectivity index (χ0) is 21.7. The third kappa shape index (κ3) is 4.48. The Hall–Kier alpha value is -3.29. The molecule has 0 aliphatic heterocycles. The van der Waals surface area contributed by atoms with Crippen molar-refractivity contribution in [1.29, 1.82) is 0 Å². The van der Waals surface area contributed by atoms with Gasteiger partial charge in [-0.25, -0.2) is 9.48 Å². The number of aromatic nitrogens is 4. The van der Waals surface area contributed by atoms with E-state index in [9.17, 15) is 19.8 Å². The number of aliphatic hydroxyl groups excluding tert-OH is 2. The summed E-state index contributed by atoms with van der Waals surface area (Å²) in [5, 5.41) is 33.7. The number of ether oxygens (including phenoxy) is 1. The zero-order valence-corrected chi connectivity index (χ0v) is 17.0. The summed E-state index contributed by atoms with van der Waals surface area (Å²) in [6, 6.07) is 3.11. The molecule has 13 heteroatoms. The fourth-order valence-corrected chi connectivity index (χ4v) is 3.44. The molecule has 0 saturated carbocycles. The van der Waals surface area contributed by atoms with Crippen LogP contribution in [0.3, 0.4) is 0 Å². The quantitative estimate of drug-likeness (QED) is 0.418. The lowest BCUT2D eigenvalue weighted by Gasteiger charge is -2.24. The number of nitrogens with zero attached hydrogens (tertiary/aromatic N) is 5. The van der Waals surface area contributed by atoms with E-state index in [0.29, 0.717) is 5.13 Å². The van der Waals surface area contributed by atoms with Gasteiger partial charge < -0.3 is 24.3 Å². The van der Waals surface area contributed by atoms with E-state index >= 15 is 0 Å². The molecule has 12 nitrogen and oxygen atoms in total. The Morgan fingerprint density at radius 1 is 1.33 bits per heavy atom. The fraction of sp³-hybridized carbons (Fsp3) is 0.353. The predicted molar refractivity (Wildman–Crippen MR) is 108 cm³/mol. The van der Waals surface area contributed by atoms with Crippen LogP contribution in [0, 0.1) is 6.92 Å². The molecule has 0 aliphatic rings. The highest BCUT2D eigenvalue weighted by Crippen LogP contribution is 2.26. The van der Waals surface area contributed by atoms with Crippen LogP contribution in [0.5, 0.6) is 5.75 Å². The molecule has 1 amide bonds. The second-order valence-corrected chi connectivity index (χ2v) is 6.94. The molecule has 0 aliphatic carbocycles. The van der Waals surface area contributed by atoms with E-state index in [2.05, 4.69) is 20.6 Å². The van der Waals surface area contributed by atoms with Crippen LogP contribution in [0.2, 0.25) is 0 Å². The van der Waals surface area contributed by atoms with Crippen molar-refractivity contribution in [2.75, 3.05) is 43.6 Å². The SMILES string of the molecule is COc1c(N(CCO)CCO)cc(C(=O)Nc2nnc(-n3nccc3C)s2)oc1=O. The number of amides is 1. The lowest BCUT2D eigenvalue weighted by Crippen LogP contribution is -2.31. The molecule has 0 fully saturated rings. The van der Waals surface area contributed by atoms with Gasteiger partial charge >= 0.3 is 5.63 Å². The number of hydrogen-bond donors (Lipinski definition) is 3. The first kappa shape index (κ1) is 21.4. The molecule has 3 heterocycles. The Bertz CT molecular complexity index is 1070. The standard InChI is InChI=1S/C17H20N6O6S/c1-10-3-4-18-23(10)17-21-20-16(30-17)19-14(26)12-9-11(13(28-2)15(27)29-12)22(5-7-24)6-8-25/h3-4,9,24-25H,5-8H2,1-2H3,(H,19,20,26). The maximum absolute atomic E-state index is 12.6. The van der Waals surface area contributed by atoms with Gasteiger partial charge in [-0.15, -0.1) is 10.2 Å². The lowest BCUT2D eigenvalue weighted by atomic mass is 10.2. The largest absolute Gasteiger partial charge is 0.488 e. The number of carbonyl (C=O) groups excluding carboxylic acids is 1. The molecule has 0 saturated heterocycles. The predicted octanol–water partition coefficient (Wildman–Crippen LogP) is 0.0373. The first-order valence-corrected chi connectivity index (χ1v) is 9.64. The maximum atomic E-state index is 12.6. The molecule has 0 bridgehead atoms. The van der Waals surface area contributed by atoms with Gasteiger partial charge in [0, 0.05) is 31.0 Å². The fourth-order valence-electron chi connectivity index (χ4n) is 2.68. The summed E-state index contributed by atoms with van der Waals surface area (Å²) in [6.45, 7) is 1.62. The maximum Gasteiger partial charge on any atom is 0.381 e. The second kappa shape index (κ2) is 9.47. The van der Waals surface area contributed by atoms with E-state index < -0.39 is 11.5 Å². The van der Waals surface area contributed by atoms with Crippen LogP contribution in [0.1, 0.15) is 16.2 Å². The Balaban J connectivity index is 1.88. The number of anilines is 2. The molecular formula is C17H20N6O6S. The average molecular weight is 436 g/mol. The smallest absolute Gasteiger partial charge is 0.381 e. The Kier molecular flexibility index (Phi) is 6.76. The van der Waals surface area contributed by atoms with E-state index in [4.69, 9.17) is 9.15 Å². The zero-order valence-electron chi connectivity index (χ0n) is 16.2. The van der Waals surface area contributed by atoms with Crippen LogP contribution in [0.4, 0.5) is 10.8 Å². The van der Waals surface area contributed by atoms with Crippen LogP contribution in [0.25, 0.3) is 5.13 Å². The highest BCUT2D eigenvalue weighted by Gasteiger charge is 2.22. The lowest BCUT2D eigenvalue weighted by molar-refractivity contribution is 0.0991. The Morgan fingerprint density at radius 3 is 2.67 bits per heavy atom. The van der Waals surface area contributed by atoms with Gasteiger partial charge in [0.1, 0.15) is 0 Å². The third-order valence-corrected chi connectivity index (χ3v) is 4.86. The molecule has 0 unspecified atom stereocenters. The van der Waals surface area contributed by atoms with Crippen LogP contribution in [0.15, 0.2) is 27.5 Å². The Morgan fingerprint density at radius 2 is 2.07 bits per heavy atom. The van der Waals surface area contributed by atoms with Crippen molar-refractivity contribution in [3.05, 3.63) is 40.2 Å². The van der Waals surface area contributed by atoms with Gasteiger partial charge in [0.05, 0.1) is 26.0 Å². The third-order valence-electron chi connectivity index (χ3n) is 4.04. The molecule has 30 heavy (non-hydrogen) atoms. The average Bonchev–Trinajstić information content (AvgIpc) is 3.35. The van der Waals surface area contributed by atoms with Crippen molar-refractivity contribution in [2.45, 2.75) is 6.92 Å². The minimum atomic E-state index is -0.869.